The molecule has 0 unspecified atom stereocenters. The van der Waals surface area contributed by atoms with Gasteiger partial charge in [-0.3, -0.25) is 4.98 Å². The minimum atomic E-state index is 0.615. The van der Waals surface area contributed by atoms with Gasteiger partial charge in [-0.05, 0) is 18.1 Å². The number of rotatable bonds is 4. The van der Waals surface area contributed by atoms with E-state index in [1.54, 1.807) is 7.11 Å². The van der Waals surface area contributed by atoms with Crippen molar-refractivity contribution in [1.82, 2.24) is 4.98 Å². The summed E-state index contributed by atoms with van der Waals surface area (Å²) in [6.07, 6.45) is 1.81. The maximum atomic E-state index is 5.32. The molecule has 0 saturated heterocycles. The van der Waals surface area contributed by atoms with Crippen molar-refractivity contribution in [2.75, 3.05) is 19.0 Å². The largest absolute Gasteiger partial charge is 0.494 e. The average Bonchev–Trinajstić information content (AvgIpc) is 2.35. The second kappa shape index (κ2) is 5.04. The van der Waals surface area contributed by atoms with Crippen molar-refractivity contribution in [3.8, 4) is 5.75 Å². The maximum Gasteiger partial charge on any atom is 0.145 e. The van der Waals surface area contributed by atoms with E-state index in [-0.39, 0.29) is 0 Å². The summed E-state index contributed by atoms with van der Waals surface area (Å²) in [5.74, 6) is 1.43. The first kappa shape index (κ1) is 11.7. The van der Waals surface area contributed by atoms with Crippen LogP contribution in [0.2, 0.25) is 0 Å². The number of para-hydroxylation sites is 1. The zero-order valence-corrected chi connectivity index (χ0v) is 10.5. The van der Waals surface area contributed by atoms with Gasteiger partial charge in [0.2, 0.25) is 0 Å². The Labute approximate surface area is 102 Å². The Balaban J connectivity index is 2.43. The monoisotopic (exact) mass is 230 g/mol. The van der Waals surface area contributed by atoms with Gasteiger partial charge in [0.1, 0.15) is 11.3 Å². The highest BCUT2D eigenvalue weighted by molar-refractivity contribution is 5.94. The zero-order chi connectivity index (χ0) is 12.3. The van der Waals surface area contributed by atoms with Crippen molar-refractivity contribution in [3.63, 3.8) is 0 Å². The van der Waals surface area contributed by atoms with E-state index in [9.17, 15) is 0 Å². The number of hydrogen-bond donors (Lipinski definition) is 1. The number of fused-ring (bicyclic) bond motifs is 1. The molecule has 0 bridgehead atoms. The maximum absolute atomic E-state index is 5.32. The number of pyridine rings is 1. The molecule has 0 aliphatic heterocycles. The normalized spacial score (nSPS) is 10.8. The number of anilines is 1. The van der Waals surface area contributed by atoms with E-state index in [4.69, 9.17) is 4.74 Å². The van der Waals surface area contributed by atoms with Gasteiger partial charge in [-0.1, -0.05) is 26.0 Å². The highest BCUT2D eigenvalue weighted by atomic mass is 16.5. The third-order valence-corrected chi connectivity index (χ3v) is 2.65. The molecule has 1 aromatic heterocycles. The third-order valence-electron chi connectivity index (χ3n) is 2.65. The summed E-state index contributed by atoms with van der Waals surface area (Å²) in [6.45, 7) is 5.34. The molecule has 0 fully saturated rings. The molecule has 3 heteroatoms. The first-order chi connectivity index (χ1) is 8.22. The van der Waals surface area contributed by atoms with Crippen LogP contribution in [-0.2, 0) is 0 Å². The summed E-state index contributed by atoms with van der Waals surface area (Å²) in [7, 11) is 1.67. The van der Waals surface area contributed by atoms with E-state index in [1.165, 1.54) is 0 Å². The topological polar surface area (TPSA) is 34.1 Å². The van der Waals surface area contributed by atoms with E-state index < -0.39 is 0 Å². The van der Waals surface area contributed by atoms with Gasteiger partial charge in [-0.15, -0.1) is 0 Å². The molecule has 2 rings (SSSR count). The molecule has 1 N–H and O–H groups in total. The first-order valence-corrected chi connectivity index (χ1v) is 5.88. The fraction of sp³-hybridized carbons (Fsp3) is 0.357. The zero-order valence-electron chi connectivity index (χ0n) is 10.5. The Hall–Kier alpha value is -1.77. The Morgan fingerprint density at radius 3 is 2.82 bits per heavy atom. The molecule has 0 spiro atoms. The van der Waals surface area contributed by atoms with Gasteiger partial charge in [0.05, 0.1) is 7.11 Å². The Bertz CT molecular complexity index is 509. The quantitative estimate of drug-likeness (QED) is 0.875. The van der Waals surface area contributed by atoms with Gasteiger partial charge < -0.3 is 10.1 Å². The Morgan fingerprint density at radius 1 is 1.29 bits per heavy atom. The van der Waals surface area contributed by atoms with Crippen molar-refractivity contribution in [2.24, 2.45) is 5.92 Å². The molecule has 0 aliphatic carbocycles. The van der Waals surface area contributed by atoms with Crippen molar-refractivity contribution < 1.29 is 4.74 Å². The number of benzene rings is 1. The smallest absolute Gasteiger partial charge is 0.145 e. The lowest BCUT2D eigenvalue weighted by molar-refractivity contribution is 0.419. The Kier molecular flexibility index (Phi) is 3.47. The molecule has 2 aromatic rings. The molecule has 0 amide bonds. The van der Waals surface area contributed by atoms with Crippen LogP contribution in [0.25, 0.3) is 10.9 Å². The minimum Gasteiger partial charge on any atom is -0.494 e. The number of hydrogen-bond acceptors (Lipinski definition) is 3. The van der Waals surface area contributed by atoms with Crippen LogP contribution >= 0.6 is 0 Å². The fourth-order valence-corrected chi connectivity index (χ4v) is 1.78. The number of nitrogens with one attached hydrogen (secondary N) is 1. The lowest BCUT2D eigenvalue weighted by atomic mass is 10.1. The van der Waals surface area contributed by atoms with Crippen LogP contribution in [0.3, 0.4) is 0 Å². The highest BCUT2D eigenvalue weighted by Crippen LogP contribution is 2.28. The van der Waals surface area contributed by atoms with E-state index in [1.807, 2.05) is 24.4 Å². The van der Waals surface area contributed by atoms with Gasteiger partial charge in [-0.2, -0.15) is 0 Å². The van der Waals surface area contributed by atoms with E-state index in [2.05, 4.69) is 30.2 Å². The summed E-state index contributed by atoms with van der Waals surface area (Å²) in [5.41, 5.74) is 2.02. The molecule has 90 valence electrons. The SMILES string of the molecule is COc1cccc2c(NCC(C)C)ccnc12. The van der Waals surface area contributed by atoms with Gasteiger partial charge in [0.15, 0.2) is 0 Å². The van der Waals surface area contributed by atoms with Crippen molar-refractivity contribution in [1.29, 1.82) is 0 Å². The van der Waals surface area contributed by atoms with Gasteiger partial charge in [-0.25, -0.2) is 0 Å². The Morgan fingerprint density at radius 2 is 2.12 bits per heavy atom. The first-order valence-electron chi connectivity index (χ1n) is 5.88. The number of methoxy groups -OCH3 is 1. The molecule has 3 nitrogen and oxygen atoms in total. The van der Waals surface area contributed by atoms with E-state index in [0.29, 0.717) is 5.92 Å². The molecule has 1 aromatic carbocycles. The predicted octanol–water partition coefficient (Wildman–Crippen LogP) is 3.31. The van der Waals surface area contributed by atoms with Crippen LogP contribution in [0, 0.1) is 5.92 Å². The van der Waals surface area contributed by atoms with Crippen LogP contribution in [0.5, 0.6) is 5.75 Å². The van der Waals surface area contributed by atoms with Crippen LogP contribution in [0.4, 0.5) is 5.69 Å². The second-order valence-corrected chi connectivity index (χ2v) is 4.49. The molecule has 0 saturated carbocycles. The number of nitrogens with zero attached hydrogens (tertiary/aromatic N) is 1. The highest BCUT2D eigenvalue weighted by Gasteiger charge is 2.06. The van der Waals surface area contributed by atoms with Crippen molar-refractivity contribution in [3.05, 3.63) is 30.5 Å². The molecular formula is C14H18N2O. The summed E-state index contributed by atoms with van der Waals surface area (Å²) in [5, 5.41) is 4.55. The van der Waals surface area contributed by atoms with Crippen LogP contribution < -0.4 is 10.1 Å². The number of ether oxygens (including phenoxy) is 1. The lowest BCUT2D eigenvalue weighted by Gasteiger charge is -2.12. The summed E-state index contributed by atoms with van der Waals surface area (Å²) in [6, 6.07) is 7.99. The van der Waals surface area contributed by atoms with Gasteiger partial charge in [0, 0.05) is 23.8 Å². The van der Waals surface area contributed by atoms with Crippen LogP contribution in [0.1, 0.15) is 13.8 Å². The van der Waals surface area contributed by atoms with Gasteiger partial charge >= 0.3 is 0 Å². The molecule has 0 atom stereocenters. The number of aromatic nitrogens is 1. The van der Waals surface area contributed by atoms with E-state index >= 15 is 0 Å². The second-order valence-electron chi connectivity index (χ2n) is 4.49. The molecule has 0 radical (unpaired) electrons. The molecule has 17 heavy (non-hydrogen) atoms. The minimum absolute atomic E-state index is 0.615. The molecule has 1 heterocycles. The summed E-state index contributed by atoms with van der Waals surface area (Å²) < 4.78 is 5.32. The van der Waals surface area contributed by atoms with Crippen molar-refractivity contribution in [2.45, 2.75) is 13.8 Å². The lowest BCUT2D eigenvalue weighted by Crippen LogP contribution is -2.08. The average molecular weight is 230 g/mol. The van der Waals surface area contributed by atoms with Crippen LogP contribution in [-0.4, -0.2) is 18.6 Å². The molecular weight excluding hydrogens is 212 g/mol. The standard InChI is InChI=1S/C14H18N2O/c1-10(2)9-16-12-7-8-15-14-11(12)5-4-6-13(14)17-3/h4-8,10H,9H2,1-3H3,(H,15,16). The van der Waals surface area contributed by atoms with Crippen molar-refractivity contribution >= 4 is 16.6 Å². The third kappa shape index (κ3) is 2.49. The van der Waals surface area contributed by atoms with E-state index in [0.717, 1.165) is 28.9 Å². The predicted molar refractivity (Wildman–Crippen MR) is 71.6 cm³/mol. The summed E-state index contributed by atoms with van der Waals surface area (Å²) in [4.78, 5) is 4.37. The van der Waals surface area contributed by atoms with Crippen LogP contribution in [0.15, 0.2) is 30.5 Å². The van der Waals surface area contributed by atoms with Gasteiger partial charge in [0.25, 0.3) is 0 Å². The fourth-order valence-electron chi connectivity index (χ4n) is 1.78. The molecule has 0 aliphatic rings. The summed E-state index contributed by atoms with van der Waals surface area (Å²) >= 11 is 0.